The topological polar surface area (TPSA) is 50.5 Å². The van der Waals surface area contributed by atoms with Gasteiger partial charge in [-0.05, 0) is 29.8 Å². The molecular weight excluding hydrogens is 368 g/mol. The Balaban J connectivity index is 1.59. The minimum atomic E-state index is -0.326. The molecule has 0 saturated carbocycles. The summed E-state index contributed by atoms with van der Waals surface area (Å²) in [6.07, 6.45) is 1.91. The van der Waals surface area contributed by atoms with E-state index in [9.17, 15) is 4.79 Å². The molecule has 1 unspecified atom stereocenters. The third-order valence-electron chi connectivity index (χ3n) is 4.46. The Labute approximate surface area is 168 Å². The molecule has 2 aromatic heterocycles. The summed E-state index contributed by atoms with van der Waals surface area (Å²) in [5.74, 6) is 0.774. The van der Waals surface area contributed by atoms with Crippen LogP contribution < -0.4 is 0 Å². The van der Waals surface area contributed by atoms with Crippen LogP contribution >= 0.6 is 11.8 Å². The first-order valence-electron chi connectivity index (χ1n) is 9.02. The van der Waals surface area contributed by atoms with Gasteiger partial charge in [0.2, 0.25) is 5.91 Å². The molecule has 1 amide bonds. The first-order chi connectivity index (χ1) is 13.7. The quantitative estimate of drug-likeness (QED) is 0.464. The predicted octanol–water partition coefficient (Wildman–Crippen LogP) is 4.22. The molecule has 4 rings (SSSR count). The molecule has 4 aromatic rings. The van der Waals surface area contributed by atoms with Crippen LogP contribution in [-0.4, -0.2) is 32.5 Å². The number of fused-ring (bicyclic) bond motifs is 1. The number of hydrogen-bond donors (Lipinski definition) is 0. The summed E-state index contributed by atoms with van der Waals surface area (Å²) < 4.78 is 1.91. The lowest BCUT2D eigenvalue weighted by Gasteiger charge is -2.23. The molecule has 0 aliphatic rings. The van der Waals surface area contributed by atoms with Crippen molar-refractivity contribution in [2.45, 2.75) is 16.7 Å². The van der Waals surface area contributed by atoms with Crippen molar-refractivity contribution in [1.29, 1.82) is 0 Å². The van der Waals surface area contributed by atoms with Gasteiger partial charge in [0.1, 0.15) is 5.25 Å². The van der Waals surface area contributed by atoms with Crippen LogP contribution in [0.3, 0.4) is 0 Å². The highest BCUT2D eigenvalue weighted by Gasteiger charge is 2.26. The van der Waals surface area contributed by atoms with Gasteiger partial charge in [0.05, 0.1) is 6.54 Å². The Kier molecular flexibility index (Phi) is 5.39. The number of carbonyl (C=O) groups is 1. The van der Waals surface area contributed by atoms with Crippen molar-refractivity contribution in [2.75, 3.05) is 7.05 Å². The van der Waals surface area contributed by atoms with Crippen LogP contribution in [0.25, 0.3) is 5.65 Å². The Morgan fingerprint density at radius 2 is 1.64 bits per heavy atom. The number of thioether (sulfide) groups is 1. The van der Waals surface area contributed by atoms with Crippen molar-refractivity contribution < 1.29 is 4.79 Å². The maximum Gasteiger partial charge on any atom is 0.240 e. The molecule has 0 bridgehead atoms. The van der Waals surface area contributed by atoms with Crippen LogP contribution in [0, 0.1) is 0 Å². The number of amides is 1. The SMILES string of the molecule is CN(Cc1nnc2ccccn12)C(=O)C(Sc1ccccc1)c1ccccc1. The second kappa shape index (κ2) is 8.27. The number of carbonyl (C=O) groups excluding carboxylic acids is 1. The van der Waals surface area contributed by atoms with E-state index in [1.165, 1.54) is 0 Å². The molecule has 0 aliphatic carbocycles. The Morgan fingerprint density at radius 1 is 0.964 bits per heavy atom. The van der Waals surface area contributed by atoms with Crippen LogP contribution in [0.4, 0.5) is 0 Å². The van der Waals surface area contributed by atoms with Crippen LogP contribution in [0.5, 0.6) is 0 Å². The molecule has 5 nitrogen and oxygen atoms in total. The minimum Gasteiger partial charge on any atom is -0.337 e. The van der Waals surface area contributed by atoms with Gasteiger partial charge in [0, 0.05) is 18.1 Å². The lowest BCUT2D eigenvalue weighted by atomic mass is 10.1. The molecule has 2 heterocycles. The zero-order valence-electron chi connectivity index (χ0n) is 15.5. The molecular formula is C22H20N4OS. The maximum atomic E-state index is 13.4. The fraction of sp³-hybridized carbons (Fsp3) is 0.136. The molecule has 140 valence electrons. The molecule has 0 radical (unpaired) electrons. The van der Waals surface area contributed by atoms with Crippen molar-refractivity contribution in [3.8, 4) is 0 Å². The largest absolute Gasteiger partial charge is 0.337 e. The Bertz CT molecular complexity index is 1070. The van der Waals surface area contributed by atoms with Crippen molar-refractivity contribution >= 4 is 23.3 Å². The van der Waals surface area contributed by atoms with Crippen LogP contribution in [0.2, 0.25) is 0 Å². The molecule has 0 aliphatic heterocycles. The monoisotopic (exact) mass is 388 g/mol. The first-order valence-corrected chi connectivity index (χ1v) is 9.90. The van der Waals surface area contributed by atoms with E-state index >= 15 is 0 Å². The van der Waals surface area contributed by atoms with Gasteiger partial charge in [-0.25, -0.2) is 0 Å². The fourth-order valence-electron chi connectivity index (χ4n) is 3.01. The summed E-state index contributed by atoms with van der Waals surface area (Å²) in [6, 6.07) is 25.6. The van der Waals surface area contributed by atoms with Crippen molar-refractivity contribution in [3.63, 3.8) is 0 Å². The van der Waals surface area contributed by atoms with E-state index < -0.39 is 0 Å². The first kappa shape index (κ1) is 18.3. The molecule has 0 spiro atoms. The van der Waals surface area contributed by atoms with Crippen molar-refractivity contribution in [2.24, 2.45) is 0 Å². The van der Waals surface area contributed by atoms with E-state index in [4.69, 9.17) is 0 Å². The van der Waals surface area contributed by atoms with E-state index in [0.717, 1.165) is 21.9 Å². The van der Waals surface area contributed by atoms with E-state index in [-0.39, 0.29) is 11.2 Å². The van der Waals surface area contributed by atoms with Crippen molar-refractivity contribution in [1.82, 2.24) is 19.5 Å². The summed E-state index contributed by atoms with van der Waals surface area (Å²) in [4.78, 5) is 16.1. The van der Waals surface area contributed by atoms with Gasteiger partial charge in [0.15, 0.2) is 11.5 Å². The van der Waals surface area contributed by atoms with E-state index in [0.29, 0.717) is 6.54 Å². The van der Waals surface area contributed by atoms with Crippen LogP contribution in [0.1, 0.15) is 16.6 Å². The van der Waals surface area contributed by atoms with Gasteiger partial charge in [-0.15, -0.1) is 22.0 Å². The van der Waals surface area contributed by atoms with Gasteiger partial charge in [0.25, 0.3) is 0 Å². The smallest absolute Gasteiger partial charge is 0.240 e. The Morgan fingerprint density at radius 3 is 2.39 bits per heavy atom. The summed E-state index contributed by atoms with van der Waals surface area (Å²) in [5.41, 5.74) is 1.76. The number of hydrogen-bond acceptors (Lipinski definition) is 4. The van der Waals surface area contributed by atoms with Crippen molar-refractivity contribution in [3.05, 3.63) is 96.4 Å². The molecule has 2 aromatic carbocycles. The number of rotatable bonds is 6. The summed E-state index contributed by atoms with van der Waals surface area (Å²) in [5, 5.41) is 8.09. The number of nitrogens with zero attached hydrogens (tertiary/aromatic N) is 4. The normalized spacial score (nSPS) is 12.0. The summed E-state index contributed by atoms with van der Waals surface area (Å²) in [6.45, 7) is 0.392. The zero-order chi connectivity index (χ0) is 19.3. The average molecular weight is 388 g/mol. The van der Waals surface area contributed by atoms with E-state index in [2.05, 4.69) is 10.2 Å². The summed E-state index contributed by atoms with van der Waals surface area (Å²) in [7, 11) is 1.81. The molecule has 6 heteroatoms. The molecule has 0 N–H and O–H groups in total. The second-order valence-corrected chi connectivity index (χ2v) is 7.64. The highest BCUT2D eigenvalue weighted by atomic mass is 32.2. The maximum absolute atomic E-state index is 13.4. The van der Waals surface area contributed by atoms with E-state index in [1.807, 2.05) is 96.5 Å². The predicted molar refractivity (Wildman–Crippen MR) is 111 cm³/mol. The lowest BCUT2D eigenvalue weighted by Crippen LogP contribution is -2.31. The minimum absolute atomic E-state index is 0.0349. The van der Waals surface area contributed by atoms with Gasteiger partial charge >= 0.3 is 0 Å². The molecule has 0 fully saturated rings. The van der Waals surface area contributed by atoms with Gasteiger partial charge in [-0.1, -0.05) is 54.6 Å². The molecule has 0 saturated heterocycles. The number of pyridine rings is 1. The lowest BCUT2D eigenvalue weighted by molar-refractivity contribution is -0.130. The highest BCUT2D eigenvalue weighted by Crippen LogP contribution is 2.36. The average Bonchev–Trinajstić information content (AvgIpc) is 3.16. The molecule has 28 heavy (non-hydrogen) atoms. The Hall–Kier alpha value is -3.12. The van der Waals surface area contributed by atoms with Gasteiger partial charge < -0.3 is 4.90 Å². The van der Waals surface area contributed by atoms with Gasteiger partial charge in [-0.2, -0.15) is 0 Å². The fourth-order valence-corrected chi connectivity index (χ4v) is 4.17. The standard InChI is InChI=1S/C22H20N4OS/c1-25(16-20-24-23-19-14-8-9-15-26(19)20)22(27)21(17-10-4-2-5-11-17)28-18-12-6-3-7-13-18/h2-15,21H,16H2,1H3. The second-order valence-electron chi connectivity index (χ2n) is 6.46. The number of likely N-dealkylation sites (N-methyl/N-ethyl adjacent to an activating group) is 1. The van der Waals surface area contributed by atoms with Crippen LogP contribution in [0.15, 0.2) is 90.0 Å². The third kappa shape index (κ3) is 3.92. The third-order valence-corrected chi connectivity index (χ3v) is 5.72. The zero-order valence-corrected chi connectivity index (χ0v) is 16.3. The van der Waals surface area contributed by atoms with Gasteiger partial charge in [-0.3, -0.25) is 9.20 Å². The highest BCUT2D eigenvalue weighted by molar-refractivity contribution is 8.00. The van der Waals surface area contributed by atoms with E-state index in [1.54, 1.807) is 16.7 Å². The van der Waals surface area contributed by atoms with Crippen LogP contribution in [-0.2, 0) is 11.3 Å². The molecule has 1 atom stereocenters. The number of aromatic nitrogens is 3. The summed E-state index contributed by atoms with van der Waals surface area (Å²) >= 11 is 1.56. The number of benzene rings is 2.